The standard InChI is InChI=1S/C15H16N4O4/c1-3-18-8-11-12(14(18)20)13(16-15(21)17(11)2)9-4-6-10(7-5-9)19(22)23/h4-7,13H,3,8H2,1-2H3,(H,16,21). The van der Waals surface area contributed by atoms with E-state index in [9.17, 15) is 19.7 Å². The van der Waals surface area contributed by atoms with Gasteiger partial charge in [-0.2, -0.15) is 0 Å². The third-order valence-corrected chi connectivity index (χ3v) is 4.25. The summed E-state index contributed by atoms with van der Waals surface area (Å²) in [7, 11) is 1.63. The molecule has 0 saturated carbocycles. The highest BCUT2D eigenvalue weighted by Gasteiger charge is 2.42. The molecule has 1 atom stereocenters. The fourth-order valence-corrected chi connectivity index (χ4v) is 2.92. The highest BCUT2D eigenvalue weighted by Crippen LogP contribution is 2.35. The smallest absolute Gasteiger partial charge is 0.322 e. The van der Waals surface area contributed by atoms with E-state index in [-0.39, 0.29) is 17.6 Å². The zero-order valence-corrected chi connectivity index (χ0v) is 12.8. The van der Waals surface area contributed by atoms with Crippen LogP contribution in [0.25, 0.3) is 0 Å². The summed E-state index contributed by atoms with van der Waals surface area (Å²) in [5, 5.41) is 13.5. The first kappa shape index (κ1) is 15.0. The predicted molar refractivity (Wildman–Crippen MR) is 81.4 cm³/mol. The van der Waals surface area contributed by atoms with E-state index in [0.29, 0.717) is 29.9 Å². The van der Waals surface area contributed by atoms with Crippen LogP contribution in [0, 0.1) is 10.1 Å². The summed E-state index contributed by atoms with van der Waals surface area (Å²) in [4.78, 5) is 38.1. The second kappa shape index (κ2) is 5.38. The number of urea groups is 1. The molecule has 120 valence electrons. The molecule has 0 fully saturated rings. The van der Waals surface area contributed by atoms with Crippen LogP contribution in [-0.2, 0) is 4.79 Å². The van der Waals surface area contributed by atoms with Crippen molar-refractivity contribution in [3.05, 3.63) is 51.2 Å². The van der Waals surface area contributed by atoms with Gasteiger partial charge in [0.25, 0.3) is 11.6 Å². The summed E-state index contributed by atoms with van der Waals surface area (Å²) >= 11 is 0. The van der Waals surface area contributed by atoms with Crippen LogP contribution in [0.4, 0.5) is 10.5 Å². The van der Waals surface area contributed by atoms with E-state index in [1.807, 2.05) is 6.92 Å². The fraction of sp³-hybridized carbons (Fsp3) is 0.333. The molecule has 8 heteroatoms. The summed E-state index contributed by atoms with van der Waals surface area (Å²) in [6, 6.07) is 5.01. The molecule has 0 radical (unpaired) electrons. The van der Waals surface area contributed by atoms with Gasteiger partial charge < -0.3 is 10.2 Å². The average molecular weight is 316 g/mol. The van der Waals surface area contributed by atoms with Crippen molar-refractivity contribution in [3.63, 3.8) is 0 Å². The number of nitrogens with one attached hydrogen (secondary N) is 1. The summed E-state index contributed by atoms with van der Waals surface area (Å²) in [5.74, 6) is -0.113. The first-order chi connectivity index (χ1) is 10.9. The van der Waals surface area contributed by atoms with Crippen LogP contribution in [-0.4, -0.2) is 46.8 Å². The molecular weight excluding hydrogens is 300 g/mol. The molecule has 8 nitrogen and oxygen atoms in total. The van der Waals surface area contributed by atoms with Gasteiger partial charge in [0.15, 0.2) is 0 Å². The maximum Gasteiger partial charge on any atom is 0.322 e. The van der Waals surface area contributed by atoms with Gasteiger partial charge in [-0.15, -0.1) is 0 Å². The number of nitro groups is 1. The molecule has 1 aromatic carbocycles. The Labute approximate surface area is 132 Å². The molecule has 2 aliphatic rings. The van der Waals surface area contributed by atoms with Gasteiger partial charge in [0.2, 0.25) is 0 Å². The number of nitrogens with zero attached hydrogens (tertiary/aromatic N) is 3. The topological polar surface area (TPSA) is 95.8 Å². The van der Waals surface area contributed by atoms with E-state index in [1.54, 1.807) is 24.1 Å². The van der Waals surface area contributed by atoms with Gasteiger partial charge in [-0.3, -0.25) is 19.8 Å². The van der Waals surface area contributed by atoms with E-state index in [1.165, 1.54) is 17.0 Å². The quantitative estimate of drug-likeness (QED) is 0.673. The zero-order chi connectivity index (χ0) is 16.7. The SMILES string of the molecule is CCN1CC2=C(C1=O)C(c1ccc([N+](=O)[O-])cc1)NC(=O)N2C. The Balaban J connectivity index is 2.02. The Morgan fingerprint density at radius 3 is 2.52 bits per heavy atom. The summed E-state index contributed by atoms with van der Waals surface area (Å²) in [5.41, 5.74) is 1.83. The molecule has 3 amide bonds. The highest BCUT2D eigenvalue weighted by atomic mass is 16.6. The lowest BCUT2D eigenvalue weighted by Gasteiger charge is -2.31. The Morgan fingerprint density at radius 2 is 1.96 bits per heavy atom. The first-order valence-electron chi connectivity index (χ1n) is 7.25. The second-order valence-electron chi connectivity index (χ2n) is 5.47. The maximum absolute atomic E-state index is 12.6. The van der Waals surface area contributed by atoms with Crippen molar-refractivity contribution in [2.24, 2.45) is 0 Å². The predicted octanol–water partition coefficient (Wildman–Crippen LogP) is 1.41. The number of carbonyl (C=O) groups is 2. The molecule has 0 aliphatic carbocycles. The van der Waals surface area contributed by atoms with Crippen molar-refractivity contribution in [1.82, 2.24) is 15.1 Å². The number of non-ortho nitro benzene ring substituents is 1. The third-order valence-electron chi connectivity index (χ3n) is 4.25. The van der Waals surface area contributed by atoms with E-state index in [2.05, 4.69) is 5.32 Å². The van der Waals surface area contributed by atoms with Crippen LogP contribution < -0.4 is 5.32 Å². The molecular formula is C15H16N4O4. The maximum atomic E-state index is 12.6. The van der Waals surface area contributed by atoms with Crippen molar-refractivity contribution in [1.29, 1.82) is 0 Å². The van der Waals surface area contributed by atoms with Gasteiger partial charge in [0, 0.05) is 25.7 Å². The van der Waals surface area contributed by atoms with Crippen LogP contribution in [0.15, 0.2) is 35.5 Å². The van der Waals surface area contributed by atoms with E-state index in [0.717, 1.165) is 0 Å². The molecule has 2 aliphatic heterocycles. The van der Waals surface area contributed by atoms with Gasteiger partial charge in [0.1, 0.15) is 0 Å². The van der Waals surface area contributed by atoms with Gasteiger partial charge in [-0.05, 0) is 24.6 Å². The number of amides is 3. The molecule has 0 aromatic heterocycles. The molecule has 3 rings (SSSR count). The number of nitro benzene ring substituents is 1. The summed E-state index contributed by atoms with van der Waals surface area (Å²) in [6.45, 7) is 2.84. The molecule has 1 unspecified atom stereocenters. The number of rotatable bonds is 3. The monoisotopic (exact) mass is 316 g/mol. The molecule has 0 spiro atoms. The van der Waals surface area contributed by atoms with Gasteiger partial charge in [-0.25, -0.2) is 4.79 Å². The van der Waals surface area contributed by atoms with Crippen LogP contribution in [0.2, 0.25) is 0 Å². The molecule has 1 aromatic rings. The Bertz CT molecular complexity index is 725. The number of hydrogen-bond acceptors (Lipinski definition) is 4. The Kier molecular flexibility index (Phi) is 3.51. The van der Waals surface area contributed by atoms with Crippen LogP contribution in [0.1, 0.15) is 18.5 Å². The zero-order valence-electron chi connectivity index (χ0n) is 12.8. The minimum Gasteiger partial charge on any atom is -0.333 e. The molecule has 1 N–H and O–H groups in total. The van der Waals surface area contributed by atoms with Crippen molar-refractivity contribution in [2.45, 2.75) is 13.0 Å². The fourth-order valence-electron chi connectivity index (χ4n) is 2.92. The third kappa shape index (κ3) is 2.32. The lowest BCUT2D eigenvalue weighted by atomic mass is 9.95. The van der Waals surface area contributed by atoms with Crippen molar-refractivity contribution in [3.8, 4) is 0 Å². The second-order valence-corrected chi connectivity index (χ2v) is 5.47. The van der Waals surface area contributed by atoms with Crippen LogP contribution >= 0.6 is 0 Å². The van der Waals surface area contributed by atoms with Gasteiger partial charge in [-0.1, -0.05) is 0 Å². The van der Waals surface area contributed by atoms with Crippen molar-refractivity contribution >= 4 is 17.6 Å². The lowest BCUT2D eigenvalue weighted by molar-refractivity contribution is -0.384. The summed E-state index contributed by atoms with van der Waals surface area (Å²) in [6.07, 6.45) is 0. The number of likely N-dealkylation sites (N-methyl/N-ethyl adjacent to an activating group) is 2. The van der Waals surface area contributed by atoms with E-state index in [4.69, 9.17) is 0 Å². The molecule has 0 bridgehead atoms. The van der Waals surface area contributed by atoms with E-state index >= 15 is 0 Å². The largest absolute Gasteiger partial charge is 0.333 e. The normalized spacial score (nSPS) is 20.7. The first-order valence-corrected chi connectivity index (χ1v) is 7.25. The van der Waals surface area contributed by atoms with Gasteiger partial charge >= 0.3 is 6.03 Å². The number of benzene rings is 1. The minimum atomic E-state index is -0.585. The van der Waals surface area contributed by atoms with Crippen molar-refractivity contribution < 1.29 is 14.5 Å². The molecule has 2 heterocycles. The lowest BCUT2D eigenvalue weighted by Crippen LogP contribution is -2.45. The Morgan fingerprint density at radius 1 is 1.30 bits per heavy atom. The molecule has 0 saturated heterocycles. The Hall–Kier alpha value is -2.90. The van der Waals surface area contributed by atoms with Crippen LogP contribution in [0.3, 0.4) is 0 Å². The summed E-state index contributed by atoms with van der Waals surface area (Å²) < 4.78 is 0. The van der Waals surface area contributed by atoms with Gasteiger partial charge in [0.05, 0.1) is 28.8 Å². The number of hydrogen-bond donors (Lipinski definition) is 1. The number of carbonyl (C=O) groups excluding carboxylic acids is 2. The van der Waals surface area contributed by atoms with E-state index < -0.39 is 11.0 Å². The van der Waals surface area contributed by atoms with Crippen molar-refractivity contribution in [2.75, 3.05) is 20.1 Å². The molecule has 23 heavy (non-hydrogen) atoms. The minimum absolute atomic E-state index is 0.0323. The van der Waals surface area contributed by atoms with Crippen LogP contribution in [0.5, 0.6) is 0 Å². The highest BCUT2D eigenvalue weighted by molar-refractivity contribution is 6.01. The average Bonchev–Trinajstić information content (AvgIpc) is 2.88.